The first-order valence-electron chi connectivity index (χ1n) is 5.68. The third-order valence-corrected chi connectivity index (χ3v) is 4.83. The molecule has 1 heterocycles. The van der Waals surface area contributed by atoms with Gasteiger partial charge in [-0.15, -0.1) is 11.3 Å². The second-order valence-electron chi connectivity index (χ2n) is 4.07. The van der Waals surface area contributed by atoms with Crippen LogP contribution in [0.1, 0.15) is 15.3 Å². The number of nitrogens with zero attached hydrogens (tertiary/aromatic N) is 2. The summed E-state index contributed by atoms with van der Waals surface area (Å²) < 4.78 is 1.06. The van der Waals surface area contributed by atoms with Gasteiger partial charge in [-0.2, -0.15) is 5.26 Å². The molecule has 102 valence electrons. The summed E-state index contributed by atoms with van der Waals surface area (Å²) in [4.78, 5) is 12.5. The number of anilines is 1. The van der Waals surface area contributed by atoms with Crippen LogP contribution in [0.15, 0.2) is 28.7 Å². The van der Waals surface area contributed by atoms with E-state index in [-0.39, 0.29) is 11.3 Å². The van der Waals surface area contributed by atoms with E-state index < -0.39 is 4.92 Å². The van der Waals surface area contributed by atoms with E-state index in [9.17, 15) is 10.1 Å². The van der Waals surface area contributed by atoms with E-state index >= 15 is 0 Å². The largest absolute Gasteiger partial charge is 0.379 e. The number of nitro benzene ring substituents is 1. The molecule has 0 spiro atoms. The highest BCUT2D eigenvalue weighted by molar-refractivity contribution is 9.10. The summed E-state index contributed by atoms with van der Waals surface area (Å²) in [6.07, 6.45) is 0. The zero-order valence-corrected chi connectivity index (χ0v) is 12.9. The van der Waals surface area contributed by atoms with Crippen LogP contribution in [0.5, 0.6) is 0 Å². The number of thiophene rings is 1. The van der Waals surface area contributed by atoms with Crippen LogP contribution in [-0.4, -0.2) is 4.92 Å². The van der Waals surface area contributed by atoms with Crippen LogP contribution < -0.4 is 5.32 Å². The lowest BCUT2D eigenvalue weighted by molar-refractivity contribution is -0.384. The SMILES string of the molecule is Cc1sc(CNc2ccc([N+](=O)[O-])cc2C#N)cc1Br. The molecule has 0 aliphatic carbocycles. The number of benzene rings is 1. The normalized spacial score (nSPS) is 10.1. The van der Waals surface area contributed by atoms with Crippen molar-refractivity contribution in [2.24, 2.45) is 0 Å². The minimum Gasteiger partial charge on any atom is -0.379 e. The molecule has 0 saturated carbocycles. The second kappa shape index (κ2) is 6.03. The first kappa shape index (κ1) is 14.5. The summed E-state index contributed by atoms with van der Waals surface area (Å²) in [5.74, 6) is 0. The highest BCUT2D eigenvalue weighted by atomic mass is 79.9. The van der Waals surface area contributed by atoms with Gasteiger partial charge in [-0.25, -0.2) is 0 Å². The molecular weight excluding hydrogens is 342 g/mol. The van der Waals surface area contributed by atoms with Crippen molar-refractivity contribution < 1.29 is 4.92 Å². The summed E-state index contributed by atoms with van der Waals surface area (Å²) >= 11 is 5.11. The lowest BCUT2D eigenvalue weighted by Gasteiger charge is -2.06. The standard InChI is InChI=1S/C13H10BrN3O2S/c1-8-12(14)5-11(20-8)7-16-13-3-2-10(17(18)19)4-9(13)6-15/h2-5,16H,7H2,1H3. The topological polar surface area (TPSA) is 79.0 Å². The molecule has 0 aliphatic heterocycles. The molecule has 0 bridgehead atoms. The van der Waals surface area contributed by atoms with Gasteiger partial charge in [-0.1, -0.05) is 0 Å². The molecule has 0 atom stereocenters. The maximum absolute atomic E-state index is 10.7. The van der Waals surface area contributed by atoms with Gasteiger partial charge in [0.2, 0.25) is 0 Å². The first-order chi connectivity index (χ1) is 9.51. The molecule has 2 rings (SSSR count). The second-order valence-corrected chi connectivity index (χ2v) is 6.26. The Kier molecular flexibility index (Phi) is 4.37. The van der Waals surface area contributed by atoms with E-state index in [4.69, 9.17) is 5.26 Å². The Bertz CT molecular complexity index is 687. The van der Waals surface area contributed by atoms with E-state index in [1.54, 1.807) is 17.4 Å². The third kappa shape index (κ3) is 3.15. The van der Waals surface area contributed by atoms with Crippen LogP contribution in [0.2, 0.25) is 0 Å². The molecule has 0 aliphatic rings. The van der Waals surface area contributed by atoms with Gasteiger partial charge in [0.15, 0.2) is 0 Å². The molecule has 0 saturated heterocycles. The van der Waals surface area contributed by atoms with Crippen LogP contribution in [0.4, 0.5) is 11.4 Å². The Labute approximate surface area is 128 Å². The number of rotatable bonds is 4. The quantitative estimate of drug-likeness (QED) is 0.660. The van der Waals surface area contributed by atoms with Gasteiger partial charge in [-0.3, -0.25) is 10.1 Å². The number of hydrogen-bond donors (Lipinski definition) is 1. The Morgan fingerprint density at radius 2 is 2.25 bits per heavy atom. The Morgan fingerprint density at radius 1 is 1.50 bits per heavy atom. The summed E-state index contributed by atoms with van der Waals surface area (Å²) in [7, 11) is 0. The van der Waals surface area contributed by atoms with Crippen molar-refractivity contribution >= 4 is 38.6 Å². The van der Waals surface area contributed by atoms with Crippen LogP contribution in [0, 0.1) is 28.4 Å². The Hall–Kier alpha value is -1.91. The summed E-state index contributed by atoms with van der Waals surface area (Å²) in [6.45, 7) is 2.59. The van der Waals surface area contributed by atoms with E-state index in [0.29, 0.717) is 12.2 Å². The molecule has 20 heavy (non-hydrogen) atoms. The molecule has 0 fully saturated rings. The van der Waals surface area contributed by atoms with Gasteiger partial charge in [-0.05, 0) is 35.0 Å². The number of non-ortho nitro benzene ring substituents is 1. The molecule has 5 nitrogen and oxygen atoms in total. The average Bonchev–Trinajstić information content (AvgIpc) is 2.75. The lowest BCUT2D eigenvalue weighted by atomic mass is 10.1. The number of hydrogen-bond acceptors (Lipinski definition) is 5. The fourth-order valence-electron chi connectivity index (χ4n) is 1.68. The van der Waals surface area contributed by atoms with Gasteiger partial charge in [0, 0.05) is 32.9 Å². The number of halogens is 1. The minimum absolute atomic E-state index is 0.0817. The van der Waals surface area contributed by atoms with E-state index in [1.807, 2.05) is 19.1 Å². The first-order valence-corrected chi connectivity index (χ1v) is 7.29. The fourth-order valence-corrected chi connectivity index (χ4v) is 3.22. The van der Waals surface area contributed by atoms with Gasteiger partial charge >= 0.3 is 0 Å². The van der Waals surface area contributed by atoms with Crippen LogP contribution >= 0.6 is 27.3 Å². The van der Waals surface area contributed by atoms with E-state index in [1.165, 1.54) is 17.0 Å². The average molecular weight is 352 g/mol. The maximum atomic E-state index is 10.7. The smallest absolute Gasteiger partial charge is 0.270 e. The number of nitro groups is 1. The van der Waals surface area contributed by atoms with Crippen molar-refractivity contribution in [2.45, 2.75) is 13.5 Å². The summed E-state index contributed by atoms with van der Waals surface area (Å²) in [5.41, 5.74) is 0.786. The van der Waals surface area contributed by atoms with Gasteiger partial charge in [0.1, 0.15) is 6.07 Å². The molecule has 0 amide bonds. The molecule has 7 heteroatoms. The van der Waals surface area contributed by atoms with Crippen LogP contribution in [0.25, 0.3) is 0 Å². The van der Waals surface area contributed by atoms with Crippen molar-refractivity contribution in [2.75, 3.05) is 5.32 Å². The van der Waals surface area contributed by atoms with Gasteiger partial charge < -0.3 is 5.32 Å². The van der Waals surface area contributed by atoms with Crippen LogP contribution in [-0.2, 0) is 6.54 Å². The number of nitriles is 1. The fraction of sp³-hybridized carbons (Fsp3) is 0.154. The zero-order valence-electron chi connectivity index (χ0n) is 10.5. The van der Waals surface area contributed by atoms with Crippen molar-refractivity contribution in [3.63, 3.8) is 0 Å². The summed E-state index contributed by atoms with van der Waals surface area (Å²) in [5, 5.41) is 22.9. The molecule has 0 unspecified atom stereocenters. The molecule has 1 aromatic carbocycles. The third-order valence-electron chi connectivity index (χ3n) is 2.70. The number of aryl methyl sites for hydroxylation is 1. The zero-order chi connectivity index (χ0) is 14.7. The molecule has 0 radical (unpaired) electrons. The lowest BCUT2D eigenvalue weighted by Crippen LogP contribution is -2.00. The molecule has 1 N–H and O–H groups in total. The van der Waals surface area contributed by atoms with Crippen molar-refractivity contribution in [1.82, 2.24) is 0 Å². The highest BCUT2D eigenvalue weighted by Gasteiger charge is 2.11. The van der Waals surface area contributed by atoms with E-state index in [0.717, 1.165) is 9.35 Å². The van der Waals surface area contributed by atoms with Gasteiger partial charge in [0.05, 0.1) is 16.2 Å². The van der Waals surface area contributed by atoms with E-state index in [2.05, 4.69) is 21.2 Å². The predicted octanol–water partition coefficient (Wildman–Crippen LogP) is 4.21. The molecule has 1 aromatic heterocycles. The molecular formula is C13H10BrN3O2S. The predicted molar refractivity (Wildman–Crippen MR) is 81.9 cm³/mol. The minimum atomic E-state index is -0.510. The maximum Gasteiger partial charge on any atom is 0.270 e. The Morgan fingerprint density at radius 3 is 2.80 bits per heavy atom. The summed E-state index contributed by atoms with van der Waals surface area (Å²) in [6, 6.07) is 8.21. The number of nitrogens with one attached hydrogen (secondary N) is 1. The molecule has 2 aromatic rings. The Balaban J connectivity index is 2.17. The van der Waals surface area contributed by atoms with Crippen molar-refractivity contribution in [3.8, 4) is 6.07 Å². The monoisotopic (exact) mass is 351 g/mol. The van der Waals surface area contributed by atoms with Crippen molar-refractivity contribution in [1.29, 1.82) is 5.26 Å². The van der Waals surface area contributed by atoms with Gasteiger partial charge in [0.25, 0.3) is 5.69 Å². The van der Waals surface area contributed by atoms with Crippen LogP contribution in [0.3, 0.4) is 0 Å². The highest BCUT2D eigenvalue weighted by Crippen LogP contribution is 2.28. The van der Waals surface area contributed by atoms with Crippen molar-refractivity contribution in [3.05, 3.63) is 54.2 Å².